The highest BCUT2D eigenvalue weighted by atomic mass is 16.2. The number of aromatic nitrogens is 2. The van der Waals surface area contributed by atoms with Crippen molar-refractivity contribution < 1.29 is 4.79 Å². The molecule has 0 radical (unpaired) electrons. The number of amides is 1. The number of hydrogen-bond acceptors (Lipinski definition) is 3. The van der Waals surface area contributed by atoms with Gasteiger partial charge < -0.3 is 14.8 Å². The van der Waals surface area contributed by atoms with E-state index in [1.165, 1.54) is 0 Å². The van der Waals surface area contributed by atoms with Crippen molar-refractivity contribution in [1.29, 1.82) is 0 Å². The van der Waals surface area contributed by atoms with Gasteiger partial charge >= 0.3 is 0 Å². The lowest BCUT2D eigenvalue weighted by molar-refractivity contribution is 0.0707. The molecule has 0 saturated heterocycles. The molecule has 0 fully saturated rings. The summed E-state index contributed by atoms with van der Waals surface area (Å²) in [4.78, 5) is 18.6. The van der Waals surface area contributed by atoms with Gasteiger partial charge in [0.1, 0.15) is 5.82 Å². The van der Waals surface area contributed by atoms with Gasteiger partial charge in [-0.05, 0) is 31.2 Å². The van der Waals surface area contributed by atoms with E-state index in [0.29, 0.717) is 6.54 Å². The number of hydrogen-bond donors (Lipinski definition) is 1. The number of nitrogens with zero attached hydrogens (tertiary/aromatic N) is 3. The van der Waals surface area contributed by atoms with Crippen LogP contribution in [0.5, 0.6) is 0 Å². The fourth-order valence-corrected chi connectivity index (χ4v) is 2.46. The fourth-order valence-electron chi connectivity index (χ4n) is 2.46. The molecule has 1 aromatic carbocycles. The second kappa shape index (κ2) is 5.36. The minimum absolute atomic E-state index is 0.0716. The number of carbonyl (C=O) groups excluding carboxylic acids is 1. The van der Waals surface area contributed by atoms with Gasteiger partial charge in [0.05, 0.1) is 6.54 Å². The van der Waals surface area contributed by atoms with E-state index < -0.39 is 0 Å². The van der Waals surface area contributed by atoms with Crippen LogP contribution >= 0.6 is 0 Å². The summed E-state index contributed by atoms with van der Waals surface area (Å²) in [6.45, 7) is 5.06. The zero-order valence-electron chi connectivity index (χ0n) is 11.5. The Kier molecular flexibility index (Phi) is 3.41. The average molecular weight is 270 g/mol. The van der Waals surface area contributed by atoms with E-state index in [0.717, 1.165) is 36.7 Å². The van der Waals surface area contributed by atoms with E-state index in [1.54, 1.807) is 6.20 Å². The van der Waals surface area contributed by atoms with E-state index >= 15 is 0 Å². The van der Waals surface area contributed by atoms with Crippen molar-refractivity contribution in [3.8, 4) is 0 Å². The molecule has 5 nitrogen and oxygen atoms in total. The van der Waals surface area contributed by atoms with Gasteiger partial charge in [-0.15, -0.1) is 0 Å². The smallest absolute Gasteiger partial charge is 0.254 e. The molecule has 3 rings (SSSR count). The molecule has 0 saturated carbocycles. The van der Waals surface area contributed by atoms with Crippen molar-refractivity contribution in [2.75, 3.05) is 18.4 Å². The van der Waals surface area contributed by atoms with Crippen LogP contribution in [0.2, 0.25) is 0 Å². The third-order valence-corrected chi connectivity index (χ3v) is 3.54. The van der Waals surface area contributed by atoms with E-state index in [2.05, 4.69) is 21.8 Å². The Bertz CT molecular complexity index is 603. The van der Waals surface area contributed by atoms with Crippen molar-refractivity contribution in [2.45, 2.75) is 20.0 Å². The molecule has 1 aliphatic rings. The van der Waals surface area contributed by atoms with Crippen molar-refractivity contribution in [2.24, 2.45) is 0 Å². The molecule has 20 heavy (non-hydrogen) atoms. The zero-order chi connectivity index (χ0) is 13.9. The fraction of sp³-hybridized carbons (Fsp3) is 0.333. The van der Waals surface area contributed by atoms with Gasteiger partial charge in [-0.1, -0.05) is 0 Å². The van der Waals surface area contributed by atoms with Crippen LogP contribution in [0.15, 0.2) is 36.7 Å². The minimum atomic E-state index is 0.0716. The van der Waals surface area contributed by atoms with Crippen LogP contribution in [0.25, 0.3) is 0 Å². The van der Waals surface area contributed by atoms with E-state index in [1.807, 2.05) is 35.4 Å². The summed E-state index contributed by atoms with van der Waals surface area (Å²) in [7, 11) is 0. The standard InChI is InChI=1S/C15H18N4O/c1-2-16-13-5-3-12(4-6-13)15(20)19-10-9-18-8-7-17-14(18)11-19/h3-8,16H,2,9-11H2,1H3. The summed E-state index contributed by atoms with van der Waals surface area (Å²) < 4.78 is 2.10. The first kappa shape index (κ1) is 12.7. The monoisotopic (exact) mass is 270 g/mol. The first-order chi connectivity index (χ1) is 9.78. The topological polar surface area (TPSA) is 50.2 Å². The second-order valence-electron chi connectivity index (χ2n) is 4.87. The van der Waals surface area contributed by atoms with Crippen molar-refractivity contribution in [3.63, 3.8) is 0 Å². The van der Waals surface area contributed by atoms with Gasteiger partial charge in [0, 0.05) is 43.3 Å². The van der Waals surface area contributed by atoms with Crippen LogP contribution in [0, 0.1) is 0 Å². The van der Waals surface area contributed by atoms with Crippen LogP contribution in [-0.2, 0) is 13.1 Å². The maximum atomic E-state index is 12.5. The summed E-state index contributed by atoms with van der Waals surface area (Å²) in [5, 5.41) is 3.22. The second-order valence-corrected chi connectivity index (χ2v) is 4.87. The number of rotatable bonds is 3. The quantitative estimate of drug-likeness (QED) is 0.927. The molecule has 0 bridgehead atoms. The largest absolute Gasteiger partial charge is 0.385 e. The van der Waals surface area contributed by atoms with Crippen LogP contribution in [0.1, 0.15) is 23.1 Å². The molecular formula is C15H18N4O. The lowest BCUT2D eigenvalue weighted by Gasteiger charge is -2.27. The number of imidazole rings is 1. The summed E-state index contributed by atoms with van der Waals surface area (Å²) >= 11 is 0. The highest BCUT2D eigenvalue weighted by molar-refractivity contribution is 5.94. The molecular weight excluding hydrogens is 252 g/mol. The minimum Gasteiger partial charge on any atom is -0.385 e. The van der Waals surface area contributed by atoms with Gasteiger partial charge in [0.15, 0.2) is 0 Å². The summed E-state index contributed by atoms with van der Waals surface area (Å²) in [5.41, 5.74) is 1.77. The maximum Gasteiger partial charge on any atom is 0.254 e. The molecule has 1 N–H and O–H groups in total. The van der Waals surface area contributed by atoms with Crippen molar-refractivity contribution >= 4 is 11.6 Å². The molecule has 0 aliphatic carbocycles. The number of nitrogens with one attached hydrogen (secondary N) is 1. The van der Waals surface area contributed by atoms with Crippen molar-refractivity contribution in [1.82, 2.24) is 14.5 Å². The van der Waals surface area contributed by atoms with Crippen LogP contribution in [0.3, 0.4) is 0 Å². The molecule has 1 aromatic heterocycles. The zero-order valence-corrected chi connectivity index (χ0v) is 11.5. The van der Waals surface area contributed by atoms with E-state index in [-0.39, 0.29) is 5.91 Å². The summed E-state index contributed by atoms with van der Waals surface area (Å²) in [6.07, 6.45) is 3.75. The van der Waals surface area contributed by atoms with Gasteiger partial charge in [-0.2, -0.15) is 0 Å². The van der Waals surface area contributed by atoms with E-state index in [9.17, 15) is 4.79 Å². The number of fused-ring (bicyclic) bond motifs is 1. The number of carbonyl (C=O) groups is 1. The molecule has 1 aliphatic heterocycles. The molecule has 1 amide bonds. The Morgan fingerprint density at radius 2 is 2.10 bits per heavy atom. The van der Waals surface area contributed by atoms with Gasteiger partial charge in [0.2, 0.25) is 0 Å². The van der Waals surface area contributed by atoms with Gasteiger partial charge in [-0.25, -0.2) is 4.98 Å². The lowest BCUT2D eigenvalue weighted by atomic mass is 10.1. The van der Waals surface area contributed by atoms with Gasteiger partial charge in [0.25, 0.3) is 5.91 Å². The van der Waals surface area contributed by atoms with Crippen LogP contribution < -0.4 is 5.32 Å². The Morgan fingerprint density at radius 3 is 2.85 bits per heavy atom. The summed E-state index contributed by atoms with van der Waals surface area (Å²) in [6, 6.07) is 7.64. The van der Waals surface area contributed by atoms with Crippen molar-refractivity contribution in [3.05, 3.63) is 48.0 Å². The molecule has 0 spiro atoms. The van der Waals surface area contributed by atoms with E-state index in [4.69, 9.17) is 0 Å². The number of anilines is 1. The highest BCUT2D eigenvalue weighted by Crippen LogP contribution is 2.16. The Labute approximate surface area is 118 Å². The Balaban J connectivity index is 1.73. The molecule has 0 atom stereocenters. The molecule has 5 heteroatoms. The molecule has 2 heterocycles. The predicted octanol–water partition coefficient (Wildman–Crippen LogP) is 1.97. The predicted molar refractivity (Wildman–Crippen MR) is 77.6 cm³/mol. The van der Waals surface area contributed by atoms with Crippen LogP contribution in [-0.4, -0.2) is 33.4 Å². The number of benzene rings is 1. The first-order valence-corrected chi connectivity index (χ1v) is 6.91. The summed E-state index contributed by atoms with van der Waals surface area (Å²) in [5.74, 6) is 1.02. The normalized spacial score (nSPS) is 13.9. The third-order valence-electron chi connectivity index (χ3n) is 3.54. The third kappa shape index (κ3) is 2.39. The molecule has 0 unspecified atom stereocenters. The lowest BCUT2D eigenvalue weighted by Crippen LogP contribution is -2.38. The van der Waals surface area contributed by atoms with Gasteiger partial charge in [-0.3, -0.25) is 4.79 Å². The Hall–Kier alpha value is -2.30. The highest BCUT2D eigenvalue weighted by Gasteiger charge is 2.22. The van der Waals surface area contributed by atoms with Crippen LogP contribution in [0.4, 0.5) is 5.69 Å². The Morgan fingerprint density at radius 1 is 1.30 bits per heavy atom. The SMILES string of the molecule is CCNc1ccc(C(=O)N2CCn3ccnc3C2)cc1. The average Bonchev–Trinajstić information content (AvgIpc) is 2.95. The molecule has 104 valence electrons. The molecule has 2 aromatic rings. The maximum absolute atomic E-state index is 12.5. The first-order valence-electron chi connectivity index (χ1n) is 6.91.